The topological polar surface area (TPSA) is 181 Å². The molecule has 0 aromatic heterocycles. The van der Waals surface area contributed by atoms with E-state index >= 15 is 4.79 Å². The smallest absolute Gasteiger partial charge is 0.325 e. The molecule has 0 bridgehead atoms. The standard InChI is InChI=1S/C54H85N5O9Si/c1-14-16-17-21-27-45-42(26-22-25-40-30-28-37(5)29-31-40)53(65)59(11)44(32-36(3)4)50(62)57-47(38(6)15-2)52(64)56-43(35-66-34-41-23-19-18-20-24-41)49(61)58-48(51(63)55-33-46(60)67-45)39(7)68-69(12,13)54(8,9)10/h18-20,22-25,28-31,36,38-39,42-45,47-48H,14-17,21,26-27,32-35H2,1-13H3,(H,55,63)(H,56,64)(H,57,62)(H,58,61)/b25-22+/t38-,39+,42-,43+,44+,45-,47+,48+/m1/s1. The molecule has 0 saturated carbocycles. The first-order valence-corrected chi connectivity index (χ1v) is 28.1. The number of amides is 5. The molecule has 14 nitrogen and oxygen atoms in total. The number of unbranched alkanes of at least 4 members (excludes halogenated alkanes) is 3. The van der Waals surface area contributed by atoms with Crippen LogP contribution in [0.15, 0.2) is 60.7 Å². The van der Waals surface area contributed by atoms with Crippen LogP contribution in [0, 0.1) is 24.7 Å². The zero-order chi connectivity index (χ0) is 51.5. The van der Waals surface area contributed by atoms with Gasteiger partial charge in [-0.15, -0.1) is 0 Å². The third-order valence-electron chi connectivity index (χ3n) is 13.5. The number of rotatable bonds is 19. The third-order valence-corrected chi connectivity index (χ3v) is 18.1. The molecule has 1 aliphatic rings. The van der Waals surface area contributed by atoms with Gasteiger partial charge in [-0.05, 0) is 80.6 Å². The molecule has 15 heteroatoms. The summed E-state index contributed by atoms with van der Waals surface area (Å²) in [5.41, 5.74) is 2.88. The van der Waals surface area contributed by atoms with Crippen LogP contribution in [0.3, 0.4) is 0 Å². The summed E-state index contributed by atoms with van der Waals surface area (Å²) >= 11 is 0. The molecule has 0 unspecified atom stereocenters. The molecule has 5 amide bonds. The molecule has 1 aliphatic heterocycles. The molecule has 2 aromatic rings. The molecule has 384 valence electrons. The van der Waals surface area contributed by atoms with E-state index in [4.69, 9.17) is 13.9 Å². The molecule has 4 N–H and O–H groups in total. The monoisotopic (exact) mass is 976 g/mol. The van der Waals surface area contributed by atoms with Gasteiger partial charge in [0.05, 0.1) is 25.2 Å². The van der Waals surface area contributed by atoms with E-state index in [1.54, 1.807) is 14.0 Å². The van der Waals surface area contributed by atoms with Gasteiger partial charge in [-0.25, -0.2) is 0 Å². The number of benzene rings is 2. The Labute approximate surface area is 414 Å². The van der Waals surface area contributed by atoms with Crippen LogP contribution in [0.25, 0.3) is 6.08 Å². The second-order valence-corrected chi connectivity index (χ2v) is 25.6. The highest BCUT2D eigenvalue weighted by Gasteiger charge is 2.43. The zero-order valence-corrected chi connectivity index (χ0v) is 44.9. The lowest BCUT2D eigenvalue weighted by Gasteiger charge is -2.40. The molecule has 0 aliphatic carbocycles. The van der Waals surface area contributed by atoms with Crippen molar-refractivity contribution in [1.29, 1.82) is 0 Å². The predicted molar refractivity (Wildman–Crippen MR) is 275 cm³/mol. The van der Waals surface area contributed by atoms with Gasteiger partial charge >= 0.3 is 5.97 Å². The number of cyclic esters (lactones) is 1. The lowest BCUT2D eigenvalue weighted by atomic mass is 9.90. The average Bonchev–Trinajstić information content (AvgIpc) is 3.29. The molecule has 0 spiro atoms. The highest BCUT2D eigenvalue weighted by Crippen LogP contribution is 2.37. The summed E-state index contributed by atoms with van der Waals surface area (Å²) in [6, 6.07) is 12.5. The number of carbonyl (C=O) groups is 6. The fourth-order valence-electron chi connectivity index (χ4n) is 7.96. The Morgan fingerprint density at radius 1 is 0.826 bits per heavy atom. The number of hydrogen-bond acceptors (Lipinski definition) is 9. The maximum absolute atomic E-state index is 15.1. The first-order chi connectivity index (χ1) is 32.5. The van der Waals surface area contributed by atoms with Crippen molar-refractivity contribution < 1.29 is 42.7 Å². The average molecular weight is 976 g/mol. The Bertz CT molecular complexity index is 1990. The number of allylic oxidation sites excluding steroid dienone is 1. The van der Waals surface area contributed by atoms with Crippen LogP contribution >= 0.6 is 0 Å². The van der Waals surface area contributed by atoms with Crippen LogP contribution in [0.4, 0.5) is 0 Å². The Morgan fingerprint density at radius 2 is 1.48 bits per heavy atom. The van der Waals surface area contributed by atoms with Gasteiger partial charge in [-0.1, -0.05) is 153 Å². The predicted octanol–water partition coefficient (Wildman–Crippen LogP) is 8.03. The van der Waals surface area contributed by atoms with E-state index in [1.807, 2.05) is 114 Å². The number of esters is 1. The van der Waals surface area contributed by atoms with Gasteiger partial charge in [0.1, 0.15) is 36.8 Å². The van der Waals surface area contributed by atoms with Gasteiger partial charge in [-0.2, -0.15) is 0 Å². The molecule has 0 radical (unpaired) electrons. The summed E-state index contributed by atoms with van der Waals surface area (Å²) < 4.78 is 18.9. The molecular weight excluding hydrogens is 891 g/mol. The summed E-state index contributed by atoms with van der Waals surface area (Å²) in [6.45, 7) is 23.0. The van der Waals surface area contributed by atoms with Crippen molar-refractivity contribution in [1.82, 2.24) is 26.2 Å². The normalized spacial score (nSPS) is 23.0. The number of carbonyl (C=O) groups excluding carboxylic acids is 6. The third kappa shape index (κ3) is 18.8. The van der Waals surface area contributed by atoms with Crippen LogP contribution in [0.5, 0.6) is 0 Å². The van der Waals surface area contributed by atoms with E-state index in [1.165, 1.54) is 4.90 Å². The van der Waals surface area contributed by atoms with E-state index < -0.39 is 98.6 Å². The highest BCUT2D eigenvalue weighted by molar-refractivity contribution is 6.74. The Balaban J connectivity index is 2.21. The Kier molecular flexibility index (Phi) is 23.8. The van der Waals surface area contributed by atoms with Crippen molar-refractivity contribution in [2.24, 2.45) is 17.8 Å². The van der Waals surface area contributed by atoms with Crippen molar-refractivity contribution in [3.8, 4) is 0 Å². The summed E-state index contributed by atoms with van der Waals surface area (Å²) in [4.78, 5) is 88.7. The van der Waals surface area contributed by atoms with Crippen LogP contribution in [0.2, 0.25) is 18.1 Å². The van der Waals surface area contributed by atoms with Crippen molar-refractivity contribution >= 4 is 49.9 Å². The van der Waals surface area contributed by atoms with Crippen molar-refractivity contribution in [2.45, 2.75) is 182 Å². The molecule has 1 heterocycles. The largest absolute Gasteiger partial charge is 0.460 e. The summed E-state index contributed by atoms with van der Waals surface area (Å²) in [7, 11) is -0.963. The minimum absolute atomic E-state index is 0.0366. The highest BCUT2D eigenvalue weighted by atomic mass is 28.4. The van der Waals surface area contributed by atoms with Gasteiger partial charge in [0.2, 0.25) is 29.5 Å². The van der Waals surface area contributed by atoms with Gasteiger partial charge in [0, 0.05) is 7.05 Å². The van der Waals surface area contributed by atoms with E-state index in [-0.39, 0.29) is 37.0 Å². The first kappa shape index (κ1) is 58.5. The van der Waals surface area contributed by atoms with E-state index in [9.17, 15) is 24.0 Å². The van der Waals surface area contributed by atoms with E-state index in [0.717, 1.165) is 36.0 Å². The number of nitrogens with one attached hydrogen (secondary N) is 4. The summed E-state index contributed by atoms with van der Waals surface area (Å²) in [6.07, 6.45) is 6.78. The van der Waals surface area contributed by atoms with E-state index in [2.05, 4.69) is 49.0 Å². The number of aryl methyl sites for hydroxylation is 1. The molecule has 1 saturated heterocycles. The summed E-state index contributed by atoms with van der Waals surface area (Å²) in [5, 5.41) is 11.1. The van der Waals surface area contributed by atoms with Gasteiger partial charge in [0.25, 0.3) is 0 Å². The molecule has 2 aromatic carbocycles. The molecule has 1 fully saturated rings. The fraction of sp³-hybridized carbons (Fsp3) is 0.630. The fourth-order valence-corrected chi connectivity index (χ4v) is 9.38. The second-order valence-electron chi connectivity index (χ2n) is 20.8. The number of likely N-dealkylation sites (N-methyl/N-ethyl adjacent to an activating group) is 1. The second kappa shape index (κ2) is 28.1. The maximum Gasteiger partial charge on any atom is 0.325 e. The van der Waals surface area contributed by atoms with Crippen molar-refractivity contribution in [3.63, 3.8) is 0 Å². The van der Waals surface area contributed by atoms with E-state index in [0.29, 0.717) is 19.3 Å². The summed E-state index contributed by atoms with van der Waals surface area (Å²) in [5.74, 6) is -5.10. The van der Waals surface area contributed by atoms with Crippen LogP contribution in [0.1, 0.15) is 130 Å². The Hall–Kier alpha value is -4.86. The maximum atomic E-state index is 15.1. The van der Waals surface area contributed by atoms with Gasteiger partial charge in [-0.3, -0.25) is 28.8 Å². The number of ether oxygens (including phenoxy) is 2. The minimum Gasteiger partial charge on any atom is -0.460 e. The molecule has 3 rings (SSSR count). The zero-order valence-electron chi connectivity index (χ0n) is 43.9. The van der Waals surface area contributed by atoms with Crippen LogP contribution < -0.4 is 21.3 Å². The first-order valence-electron chi connectivity index (χ1n) is 25.2. The van der Waals surface area contributed by atoms with Crippen LogP contribution in [-0.2, 0) is 49.3 Å². The Morgan fingerprint density at radius 3 is 2.09 bits per heavy atom. The van der Waals surface area contributed by atoms with Crippen molar-refractivity contribution in [2.75, 3.05) is 20.2 Å². The number of nitrogens with zero attached hydrogens (tertiary/aromatic N) is 1. The van der Waals surface area contributed by atoms with Gasteiger partial charge in [0.15, 0.2) is 8.32 Å². The quantitative estimate of drug-likeness (QED) is 0.0616. The van der Waals surface area contributed by atoms with Crippen molar-refractivity contribution in [3.05, 3.63) is 77.4 Å². The SMILES string of the molecule is CCCCCC[C@H]1OC(=O)CNC(=O)[C@H]([C@H](C)O[Si](C)(C)C(C)(C)C)NC(=O)[C@H](COCc2ccccc2)NC(=O)[C@H]([C@H](C)CC)NC(=O)[C@H](CC(C)C)N(C)C(=O)[C@@H]1C/C=C/c1ccc(C)cc1. The van der Waals surface area contributed by atoms with Crippen LogP contribution in [-0.4, -0.2) is 105 Å². The molecular formula is C54H85N5O9Si. The minimum atomic E-state index is -2.55. The van der Waals surface area contributed by atoms with Gasteiger partial charge < -0.3 is 40.1 Å². The number of hydrogen-bond donors (Lipinski definition) is 4. The lowest BCUT2D eigenvalue weighted by Crippen LogP contribution is -2.62. The molecule has 69 heavy (non-hydrogen) atoms. The molecule has 8 atom stereocenters. The lowest BCUT2D eigenvalue weighted by molar-refractivity contribution is -0.158.